The highest BCUT2D eigenvalue weighted by Crippen LogP contribution is 2.26. The Balaban J connectivity index is 2.35. The highest BCUT2D eigenvalue weighted by Gasteiger charge is 2.24. The molecule has 74 valence electrons. The molecule has 1 heterocycles. The molecule has 0 aromatic carbocycles. The van der Waals surface area contributed by atoms with Crippen molar-refractivity contribution in [3.05, 3.63) is 0 Å². The van der Waals surface area contributed by atoms with Crippen LogP contribution in [0.1, 0.15) is 26.7 Å². The normalized spacial score (nSPS) is 24.0. The third-order valence-corrected chi connectivity index (χ3v) is 3.57. The van der Waals surface area contributed by atoms with Gasteiger partial charge in [0.2, 0.25) is 5.91 Å². The molecule has 4 heteroatoms. The van der Waals surface area contributed by atoms with E-state index in [2.05, 4.69) is 5.32 Å². The highest BCUT2D eigenvalue weighted by molar-refractivity contribution is 8.00. The van der Waals surface area contributed by atoms with Crippen LogP contribution in [0, 0.1) is 0 Å². The van der Waals surface area contributed by atoms with Gasteiger partial charge in [-0.1, -0.05) is 0 Å². The Morgan fingerprint density at radius 3 is 2.69 bits per heavy atom. The van der Waals surface area contributed by atoms with Crippen LogP contribution in [-0.2, 0) is 9.59 Å². The molecule has 0 radical (unpaired) electrons. The molecule has 1 aliphatic heterocycles. The number of amides is 1. The summed E-state index contributed by atoms with van der Waals surface area (Å²) in [5.74, 6) is 1.09. The molecule has 3 nitrogen and oxygen atoms in total. The highest BCUT2D eigenvalue weighted by atomic mass is 32.2. The van der Waals surface area contributed by atoms with E-state index in [1.807, 2.05) is 0 Å². The molecule has 0 aliphatic carbocycles. The summed E-state index contributed by atoms with van der Waals surface area (Å²) in [6, 6.07) is -0.339. The van der Waals surface area contributed by atoms with Crippen LogP contribution in [0.3, 0.4) is 0 Å². The lowest BCUT2D eigenvalue weighted by molar-refractivity contribution is -0.126. The fourth-order valence-corrected chi connectivity index (χ4v) is 2.36. The van der Waals surface area contributed by atoms with Crippen molar-refractivity contribution in [1.29, 1.82) is 0 Å². The average Bonchev–Trinajstić information content (AvgIpc) is 2.55. The number of hydrogen-bond acceptors (Lipinski definition) is 3. The van der Waals surface area contributed by atoms with Crippen molar-refractivity contribution in [1.82, 2.24) is 5.32 Å². The van der Waals surface area contributed by atoms with Gasteiger partial charge in [0.05, 0.1) is 11.3 Å². The molecule has 0 aromatic heterocycles. The summed E-state index contributed by atoms with van der Waals surface area (Å²) >= 11 is 1.68. The molecule has 1 saturated heterocycles. The second kappa shape index (κ2) is 4.65. The molecule has 1 rings (SSSR count). The number of thioether (sulfide) groups is 1. The number of carbonyl (C=O) groups excluding carboxylic acids is 2. The summed E-state index contributed by atoms with van der Waals surface area (Å²) < 4.78 is 0. The molecule has 2 atom stereocenters. The summed E-state index contributed by atoms with van der Waals surface area (Å²) in [6.45, 7) is 3.21. The Bertz CT molecular complexity index is 212. The van der Waals surface area contributed by atoms with Gasteiger partial charge in [-0.05, 0) is 32.4 Å². The van der Waals surface area contributed by atoms with Crippen molar-refractivity contribution in [3.8, 4) is 0 Å². The van der Waals surface area contributed by atoms with Gasteiger partial charge >= 0.3 is 0 Å². The first-order chi connectivity index (χ1) is 6.11. The molecule has 1 aliphatic rings. The van der Waals surface area contributed by atoms with Crippen LogP contribution in [0.5, 0.6) is 0 Å². The van der Waals surface area contributed by atoms with E-state index in [-0.39, 0.29) is 23.0 Å². The van der Waals surface area contributed by atoms with Gasteiger partial charge in [-0.2, -0.15) is 0 Å². The van der Waals surface area contributed by atoms with Gasteiger partial charge < -0.3 is 5.32 Å². The van der Waals surface area contributed by atoms with E-state index in [9.17, 15) is 9.59 Å². The Labute approximate surface area is 82.6 Å². The van der Waals surface area contributed by atoms with Crippen molar-refractivity contribution in [2.45, 2.75) is 38.0 Å². The first kappa shape index (κ1) is 10.6. The summed E-state index contributed by atoms with van der Waals surface area (Å²) in [5, 5.41) is 2.78. The maximum Gasteiger partial charge on any atom is 0.233 e. The topological polar surface area (TPSA) is 46.2 Å². The lowest BCUT2D eigenvalue weighted by atomic mass is 10.2. The zero-order valence-corrected chi connectivity index (χ0v) is 8.82. The first-order valence-corrected chi connectivity index (χ1v) is 5.58. The minimum atomic E-state index is -0.339. The molecule has 0 aromatic rings. The Morgan fingerprint density at radius 1 is 1.54 bits per heavy atom. The lowest BCUT2D eigenvalue weighted by Gasteiger charge is -2.13. The number of hydrogen-bond donors (Lipinski definition) is 1. The third-order valence-electron chi connectivity index (χ3n) is 2.19. The van der Waals surface area contributed by atoms with E-state index in [0.29, 0.717) is 0 Å². The molecule has 1 amide bonds. The van der Waals surface area contributed by atoms with Gasteiger partial charge in [-0.3, -0.25) is 9.59 Å². The van der Waals surface area contributed by atoms with Gasteiger partial charge in [0, 0.05) is 0 Å². The van der Waals surface area contributed by atoms with Crippen LogP contribution in [0.15, 0.2) is 0 Å². The molecule has 13 heavy (non-hydrogen) atoms. The van der Waals surface area contributed by atoms with E-state index in [1.54, 1.807) is 18.7 Å². The zero-order chi connectivity index (χ0) is 9.84. The van der Waals surface area contributed by atoms with E-state index in [4.69, 9.17) is 0 Å². The lowest BCUT2D eigenvalue weighted by Crippen LogP contribution is -2.41. The van der Waals surface area contributed by atoms with Crippen LogP contribution >= 0.6 is 11.8 Å². The Hall–Kier alpha value is -0.510. The van der Waals surface area contributed by atoms with Gasteiger partial charge in [0.25, 0.3) is 0 Å². The fraction of sp³-hybridized carbons (Fsp3) is 0.778. The van der Waals surface area contributed by atoms with Gasteiger partial charge in [0.15, 0.2) is 5.78 Å². The number of Topliss-reactive ketones (excluding diaryl/α,β-unsaturated/α-hetero) is 1. The Kier molecular flexibility index (Phi) is 3.78. The standard InChI is InChI=1S/C9H15NO2S/c1-6(7(2)11)10-9(12)8-4-3-5-13-8/h6,8H,3-5H2,1-2H3,(H,10,12). The maximum absolute atomic E-state index is 11.5. The molecule has 0 bridgehead atoms. The smallest absolute Gasteiger partial charge is 0.233 e. The van der Waals surface area contributed by atoms with Crippen LogP contribution in [0.4, 0.5) is 0 Å². The van der Waals surface area contributed by atoms with Crippen molar-refractivity contribution in [3.63, 3.8) is 0 Å². The number of rotatable bonds is 3. The van der Waals surface area contributed by atoms with Crippen molar-refractivity contribution in [2.24, 2.45) is 0 Å². The molecular weight excluding hydrogens is 186 g/mol. The third kappa shape index (κ3) is 3.03. The monoisotopic (exact) mass is 201 g/mol. The minimum absolute atomic E-state index is 0.0105. The van der Waals surface area contributed by atoms with Gasteiger partial charge in [-0.25, -0.2) is 0 Å². The van der Waals surface area contributed by atoms with Crippen LogP contribution in [0.2, 0.25) is 0 Å². The summed E-state index contributed by atoms with van der Waals surface area (Å²) in [7, 11) is 0. The summed E-state index contributed by atoms with van der Waals surface area (Å²) in [4.78, 5) is 22.3. The van der Waals surface area contributed by atoms with Crippen LogP contribution < -0.4 is 5.32 Å². The van der Waals surface area contributed by atoms with E-state index in [1.165, 1.54) is 6.92 Å². The molecule has 1 N–H and O–H groups in total. The second-order valence-electron chi connectivity index (χ2n) is 3.34. The average molecular weight is 201 g/mol. The maximum atomic E-state index is 11.5. The summed E-state index contributed by atoms with van der Waals surface area (Å²) in [6.07, 6.45) is 2.05. The van der Waals surface area contributed by atoms with Crippen molar-refractivity contribution in [2.75, 3.05) is 5.75 Å². The van der Waals surface area contributed by atoms with E-state index >= 15 is 0 Å². The van der Waals surface area contributed by atoms with Crippen molar-refractivity contribution >= 4 is 23.5 Å². The fourth-order valence-electron chi connectivity index (χ4n) is 1.19. The molecule has 0 saturated carbocycles. The van der Waals surface area contributed by atoms with Crippen LogP contribution in [-0.4, -0.2) is 28.7 Å². The molecule has 0 spiro atoms. The quantitative estimate of drug-likeness (QED) is 0.740. The summed E-state index contributed by atoms with van der Waals surface area (Å²) in [5.41, 5.74) is 0. The van der Waals surface area contributed by atoms with Crippen molar-refractivity contribution < 1.29 is 9.59 Å². The largest absolute Gasteiger partial charge is 0.346 e. The van der Waals surface area contributed by atoms with Crippen LogP contribution in [0.25, 0.3) is 0 Å². The molecule has 1 fully saturated rings. The predicted octanol–water partition coefficient (Wildman–Crippen LogP) is 0.976. The second-order valence-corrected chi connectivity index (χ2v) is 4.65. The predicted molar refractivity (Wildman–Crippen MR) is 53.8 cm³/mol. The van der Waals surface area contributed by atoms with E-state index in [0.717, 1.165) is 18.6 Å². The van der Waals surface area contributed by atoms with E-state index < -0.39 is 0 Å². The Morgan fingerprint density at radius 2 is 2.23 bits per heavy atom. The van der Waals surface area contributed by atoms with Gasteiger partial charge in [0.1, 0.15) is 0 Å². The molecule has 2 unspecified atom stereocenters. The zero-order valence-electron chi connectivity index (χ0n) is 8.00. The number of carbonyl (C=O) groups is 2. The van der Waals surface area contributed by atoms with Gasteiger partial charge in [-0.15, -0.1) is 11.8 Å². The molecular formula is C9H15NO2S. The minimum Gasteiger partial charge on any atom is -0.346 e. The SMILES string of the molecule is CC(=O)C(C)NC(=O)C1CCCS1. The number of nitrogens with one attached hydrogen (secondary N) is 1. The number of ketones is 1. The first-order valence-electron chi connectivity index (χ1n) is 4.53.